The summed E-state index contributed by atoms with van der Waals surface area (Å²) in [4.78, 5) is 4.60. The first-order chi connectivity index (χ1) is 7.43. The third kappa shape index (κ3) is 1.57. The molecule has 0 aliphatic heterocycles. The molecular formula is C13H15N3. The molecule has 0 saturated heterocycles. The molecule has 0 atom stereocenters. The third-order valence-corrected chi connectivity index (χ3v) is 2.68. The predicted octanol–water partition coefficient (Wildman–Crippen LogP) is 2.74. The quantitative estimate of drug-likeness (QED) is 0.675. The van der Waals surface area contributed by atoms with Gasteiger partial charge in [-0.15, -0.1) is 0 Å². The molecule has 0 fully saturated rings. The lowest BCUT2D eigenvalue weighted by Crippen LogP contribution is -2.17. The van der Waals surface area contributed by atoms with Crippen molar-refractivity contribution < 1.29 is 0 Å². The second-order valence-electron chi connectivity index (χ2n) is 5.06. The maximum Gasteiger partial charge on any atom is 0.115 e. The van der Waals surface area contributed by atoms with Gasteiger partial charge in [-0.05, 0) is 18.2 Å². The van der Waals surface area contributed by atoms with E-state index in [9.17, 15) is 0 Å². The lowest BCUT2D eigenvalue weighted by molar-refractivity contribution is 0.526. The van der Waals surface area contributed by atoms with Crippen LogP contribution < -0.4 is 0 Å². The molecular weight excluding hydrogens is 198 g/mol. The molecule has 0 unspecified atom stereocenters. The van der Waals surface area contributed by atoms with Crippen molar-refractivity contribution in [3.8, 4) is 6.07 Å². The lowest BCUT2D eigenvalue weighted by atomic mass is 9.96. The molecule has 0 radical (unpaired) electrons. The van der Waals surface area contributed by atoms with Crippen LogP contribution in [0, 0.1) is 11.3 Å². The minimum Gasteiger partial charge on any atom is -0.331 e. The first kappa shape index (κ1) is 10.7. The monoisotopic (exact) mass is 213 g/mol. The molecule has 2 rings (SSSR count). The molecule has 0 spiro atoms. The summed E-state index contributed by atoms with van der Waals surface area (Å²) in [6.45, 7) is 6.41. The van der Waals surface area contributed by atoms with Crippen molar-refractivity contribution in [2.75, 3.05) is 0 Å². The van der Waals surface area contributed by atoms with Gasteiger partial charge in [0.15, 0.2) is 0 Å². The SMILES string of the molecule is Cn1c(C(C)(C)C)nc2cc(C#N)ccc21. The predicted molar refractivity (Wildman–Crippen MR) is 64.1 cm³/mol. The van der Waals surface area contributed by atoms with E-state index in [4.69, 9.17) is 5.26 Å². The summed E-state index contributed by atoms with van der Waals surface area (Å²) >= 11 is 0. The largest absolute Gasteiger partial charge is 0.331 e. The van der Waals surface area contributed by atoms with E-state index in [0.717, 1.165) is 16.9 Å². The molecule has 3 heteroatoms. The van der Waals surface area contributed by atoms with Gasteiger partial charge in [-0.3, -0.25) is 0 Å². The number of aryl methyl sites for hydroxylation is 1. The van der Waals surface area contributed by atoms with Crippen molar-refractivity contribution in [3.63, 3.8) is 0 Å². The summed E-state index contributed by atoms with van der Waals surface area (Å²) in [5, 5.41) is 8.85. The van der Waals surface area contributed by atoms with Crippen LogP contribution in [0.3, 0.4) is 0 Å². The van der Waals surface area contributed by atoms with Crippen LogP contribution in [0.5, 0.6) is 0 Å². The fourth-order valence-corrected chi connectivity index (χ4v) is 1.94. The number of fused-ring (bicyclic) bond motifs is 1. The Morgan fingerprint density at radius 3 is 2.56 bits per heavy atom. The Morgan fingerprint density at radius 2 is 2.00 bits per heavy atom. The van der Waals surface area contributed by atoms with Crippen molar-refractivity contribution in [1.82, 2.24) is 9.55 Å². The van der Waals surface area contributed by atoms with E-state index in [1.165, 1.54) is 0 Å². The van der Waals surface area contributed by atoms with Crippen LogP contribution in [-0.2, 0) is 12.5 Å². The Hall–Kier alpha value is -1.82. The van der Waals surface area contributed by atoms with Gasteiger partial charge < -0.3 is 4.57 Å². The second kappa shape index (κ2) is 3.34. The van der Waals surface area contributed by atoms with E-state index < -0.39 is 0 Å². The normalized spacial score (nSPS) is 11.7. The van der Waals surface area contributed by atoms with Crippen molar-refractivity contribution in [1.29, 1.82) is 5.26 Å². The van der Waals surface area contributed by atoms with Crippen molar-refractivity contribution in [2.24, 2.45) is 7.05 Å². The van der Waals surface area contributed by atoms with Crippen molar-refractivity contribution in [2.45, 2.75) is 26.2 Å². The number of rotatable bonds is 0. The minimum absolute atomic E-state index is 0.0145. The van der Waals surface area contributed by atoms with Gasteiger partial charge in [0.2, 0.25) is 0 Å². The molecule has 16 heavy (non-hydrogen) atoms. The maximum absolute atomic E-state index is 8.85. The zero-order valence-corrected chi connectivity index (χ0v) is 10.1. The van der Waals surface area contributed by atoms with Crippen LogP contribution >= 0.6 is 0 Å². The highest BCUT2D eigenvalue weighted by Gasteiger charge is 2.21. The minimum atomic E-state index is 0.0145. The molecule has 2 aromatic rings. The topological polar surface area (TPSA) is 41.6 Å². The molecule has 0 bridgehead atoms. The summed E-state index contributed by atoms with van der Waals surface area (Å²) < 4.78 is 2.09. The summed E-state index contributed by atoms with van der Waals surface area (Å²) in [7, 11) is 2.02. The number of benzene rings is 1. The highest BCUT2D eigenvalue weighted by atomic mass is 15.1. The molecule has 0 aliphatic carbocycles. The Bertz CT molecular complexity index is 579. The maximum atomic E-state index is 8.85. The Balaban J connectivity index is 2.74. The summed E-state index contributed by atoms with van der Waals surface area (Å²) in [5.41, 5.74) is 2.64. The average molecular weight is 213 g/mol. The van der Waals surface area contributed by atoms with Crippen LogP contribution in [0.25, 0.3) is 11.0 Å². The van der Waals surface area contributed by atoms with E-state index in [-0.39, 0.29) is 5.41 Å². The first-order valence-electron chi connectivity index (χ1n) is 5.30. The smallest absolute Gasteiger partial charge is 0.115 e. The molecule has 1 aromatic carbocycles. The van der Waals surface area contributed by atoms with E-state index >= 15 is 0 Å². The van der Waals surface area contributed by atoms with Gasteiger partial charge in [-0.1, -0.05) is 20.8 Å². The molecule has 0 amide bonds. The first-order valence-corrected chi connectivity index (χ1v) is 5.30. The molecule has 3 nitrogen and oxygen atoms in total. The van der Waals surface area contributed by atoms with E-state index in [2.05, 4.69) is 36.4 Å². The highest BCUT2D eigenvalue weighted by Crippen LogP contribution is 2.25. The summed E-state index contributed by atoms with van der Waals surface area (Å²) in [6.07, 6.45) is 0. The Morgan fingerprint density at radius 1 is 1.31 bits per heavy atom. The van der Waals surface area contributed by atoms with Gasteiger partial charge in [-0.25, -0.2) is 4.98 Å². The Kier molecular flexibility index (Phi) is 2.23. The molecule has 0 saturated carbocycles. The van der Waals surface area contributed by atoms with Crippen LogP contribution in [0.2, 0.25) is 0 Å². The van der Waals surface area contributed by atoms with Gasteiger partial charge in [-0.2, -0.15) is 5.26 Å². The second-order valence-corrected chi connectivity index (χ2v) is 5.06. The number of nitriles is 1. The molecule has 0 aliphatic rings. The zero-order valence-electron chi connectivity index (χ0n) is 10.1. The molecule has 0 N–H and O–H groups in total. The van der Waals surface area contributed by atoms with Crippen molar-refractivity contribution >= 4 is 11.0 Å². The standard InChI is InChI=1S/C13H15N3/c1-13(2,3)12-15-10-7-9(8-14)5-6-11(10)16(12)4/h5-7H,1-4H3. The van der Waals surface area contributed by atoms with Crippen LogP contribution in [0.15, 0.2) is 18.2 Å². The number of nitrogens with zero attached hydrogens (tertiary/aromatic N) is 3. The molecule has 82 valence electrons. The van der Waals surface area contributed by atoms with Crippen molar-refractivity contribution in [3.05, 3.63) is 29.6 Å². The average Bonchev–Trinajstić information content (AvgIpc) is 2.55. The number of hydrogen-bond donors (Lipinski definition) is 0. The van der Waals surface area contributed by atoms with E-state index in [0.29, 0.717) is 5.56 Å². The number of hydrogen-bond acceptors (Lipinski definition) is 2. The van der Waals surface area contributed by atoms with E-state index in [1.807, 2.05) is 25.2 Å². The zero-order chi connectivity index (χ0) is 11.9. The lowest BCUT2D eigenvalue weighted by Gasteiger charge is -2.17. The fraction of sp³-hybridized carbons (Fsp3) is 0.385. The number of imidazole rings is 1. The summed E-state index contributed by atoms with van der Waals surface area (Å²) in [5.74, 6) is 1.04. The highest BCUT2D eigenvalue weighted by molar-refractivity contribution is 5.77. The van der Waals surface area contributed by atoms with Gasteiger partial charge in [0.25, 0.3) is 0 Å². The fourth-order valence-electron chi connectivity index (χ4n) is 1.94. The van der Waals surface area contributed by atoms with Gasteiger partial charge in [0.05, 0.1) is 22.7 Å². The van der Waals surface area contributed by atoms with E-state index in [1.54, 1.807) is 0 Å². The Labute approximate surface area is 95.3 Å². The third-order valence-electron chi connectivity index (χ3n) is 2.68. The molecule has 1 aromatic heterocycles. The van der Waals surface area contributed by atoms with Gasteiger partial charge in [0.1, 0.15) is 5.82 Å². The summed E-state index contributed by atoms with van der Waals surface area (Å²) in [6, 6.07) is 7.76. The van der Waals surface area contributed by atoms with Gasteiger partial charge >= 0.3 is 0 Å². The van der Waals surface area contributed by atoms with Crippen LogP contribution in [0.1, 0.15) is 32.2 Å². The van der Waals surface area contributed by atoms with Gasteiger partial charge in [0, 0.05) is 12.5 Å². The molecule has 1 heterocycles. The van der Waals surface area contributed by atoms with Crippen LogP contribution in [0.4, 0.5) is 0 Å². The van der Waals surface area contributed by atoms with Crippen LogP contribution in [-0.4, -0.2) is 9.55 Å². The number of aromatic nitrogens is 2.